The summed E-state index contributed by atoms with van der Waals surface area (Å²) in [5.41, 5.74) is 5.99. The number of ether oxygens (including phenoxy) is 2. The van der Waals surface area contributed by atoms with Crippen LogP contribution in [0.25, 0.3) is 0 Å². The number of rotatable bonds is 26. The Morgan fingerprint density at radius 1 is 0.757 bits per heavy atom. The van der Waals surface area contributed by atoms with Crippen molar-refractivity contribution >= 4 is 21.4 Å². The van der Waals surface area contributed by atoms with Gasteiger partial charge in [0.05, 0.1) is 0 Å². The van der Waals surface area contributed by atoms with E-state index in [0.717, 1.165) is 24.5 Å². The molecule has 0 aromatic rings. The molecule has 8 heteroatoms. The molecular formula is C29H60AsO6P-. The molecular weight excluding hydrogens is 550 g/mol. The summed E-state index contributed by atoms with van der Waals surface area (Å²) in [7, 11) is -4.31. The van der Waals surface area contributed by atoms with Crippen LogP contribution in [0.5, 0.6) is 0 Å². The Morgan fingerprint density at radius 3 is 1.73 bits per heavy atom. The Morgan fingerprint density at radius 2 is 1.27 bits per heavy atom. The third kappa shape index (κ3) is 21.1. The van der Waals surface area contributed by atoms with Gasteiger partial charge in [-0.2, -0.15) is 0 Å². The van der Waals surface area contributed by atoms with E-state index in [-0.39, 0.29) is 13.2 Å². The maximum absolute atomic E-state index is 12.2. The van der Waals surface area contributed by atoms with Gasteiger partial charge in [0.15, 0.2) is 0 Å². The molecule has 223 valence electrons. The fourth-order valence-corrected chi connectivity index (χ4v) is 7.13. The van der Waals surface area contributed by atoms with Gasteiger partial charge in [0.25, 0.3) is 0 Å². The second-order valence-corrected chi connectivity index (χ2v) is 24.0. The zero-order valence-electron chi connectivity index (χ0n) is 24.8. The Hall–Kier alpha value is 0.588. The average Bonchev–Trinajstić information content (AvgIpc) is 3.30. The first-order valence-electron chi connectivity index (χ1n) is 15.3. The fourth-order valence-electron chi connectivity index (χ4n) is 4.70. The summed E-state index contributed by atoms with van der Waals surface area (Å²) in [4.78, 5) is 12.2. The van der Waals surface area contributed by atoms with Crippen molar-refractivity contribution in [3.63, 3.8) is 0 Å². The van der Waals surface area contributed by atoms with Crippen molar-refractivity contribution < 1.29 is 28.0 Å². The summed E-state index contributed by atoms with van der Waals surface area (Å²) < 4.78 is 34.2. The molecule has 2 atom stereocenters. The summed E-state index contributed by atoms with van der Waals surface area (Å²) in [6.45, 7) is 4.14. The molecule has 0 aromatic carbocycles. The standard InChI is InChI=1S/C29H61AsO6P/c1-5-6-7-8-9-10-11-12-13-14-15-16-17-18-19-20-24-33-27-29(22-21-25-34-29)28-36-37(31,32)35-26-23-30(2,3)4/h5-28H2,1-4H3,(H,31,32)/p-1. The summed E-state index contributed by atoms with van der Waals surface area (Å²) >= 11 is -1.68. The molecule has 0 aliphatic carbocycles. The van der Waals surface area contributed by atoms with Gasteiger partial charge in [-0.15, -0.1) is 0 Å². The zero-order valence-corrected chi connectivity index (χ0v) is 27.6. The molecule has 2 unspecified atom stereocenters. The molecule has 1 saturated heterocycles. The second-order valence-electron chi connectivity index (χ2n) is 12.1. The van der Waals surface area contributed by atoms with Crippen LogP contribution in [0.15, 0.2) is 0 Å². The third-order valence-electron chi connectivity index (χ3n) is 7.19. The summed E-state index contributed by atoms with van der Waals surface area (Å²) in [5.74, 6) is 0. The Balaban J connectivity index is 1.99. The van der Waals surface area contributed by atoms with Crippen molar-refractivity contribution in [2.24, 2.45) is 0 Å². The molecule has 1 fully saturated rings. The van der Waals surface area contributed by atoms with Gasteiger partial charge in [0, 0.05) is 0 Å². The van der Waals surface area contributed by atoms with Crippen LogP contribution in [-0.4, -0.2) is 52.2 Å². The third-order valence-corrected chi connectivity index (χ3v) is 11.3. The van der Waals surface area contributed by atoms with Gasteiger partial charge < -0.3 is 0 Å². The van der Waals surface area contributed by atoms with E-state index in [9.17, 15) is 9.46 Å². The molecule has 1 aliphatic heterocycles. The molecule has 1 rings (SSSR count). The van der Waals surface area contributed by atoms with E-state index in [1.807, 2.05) is 0 Å². The van der Waals surface area contributed by atoms with Crippen LogP contribution in [0.3, 0.4) is 0 Å². The summed E-state index contributed by atoms with van der Waals surface area (Å²) in [6.07, 6.45) is 23.3. The van der Waals surface area contributed by atoms with Crippen LogP contribution >= 0.6 is 7.82 Å². The van der Waals surface area contributed by atoms with Gasteiger partial charge in [-0.25, -0.2) is 0 Å². The molecule has 1 aliphatic rings. The molecule has 0 N–H and O–H groups in total. The minimum atomic E-state index is -4.31. The number of hydrogen-bond donors (Lipinski definition) is 0. The van der Waals surface area contributed by atoms with Gasteiger partial charge in [0.2, 0.25) is 0 Å². The van der Waals surface area contributed by atoms with Gasteiger partial charge in [-0.3, -0.25) is 0 Å². The van der Waals surface area contributed by atoms with Crippen molar-refractivity contribution in [2.45, 2.75) is 150 Å². The van der Waals surface area contributed by atoms with E-state index in [2.05, 4.69) is 24.1 Å². The van der Waals surface area contributed by atoms with Gasteiger partial charge in [0.1, 0.15) is 0 Å². The SMILES string of the molecule is CCCCCCCCCCCCCCCCCCOCC1(COP(=O)([O-])OCC[As](C)(C)C)CCCO1. The predicted molar refractivity (Wildman–Crippen MR) is 156 cm³/mol. The average molecular weight is 611 g/mol. The van der Waals surface area contributed by atoms with Gasteiger partial charge in [-0.05, 0) is 0 Å². The molecule has 0 amide bonds. The van der Waals surface area contributed by atoms with Crippen molar-refractivity contribution in [2.75, 3.05) is 33.0 Å². The topological polar surface area (TPSA) is 77.1 Å². The second kappa shape index (κ2) is 21.4. The molecule has 0 spiro atoms. The van der Waals surface area contributed by atoms with Crippen LogP contribution in [0.1, 0.15) is 122 Å². The molecule has 6 nitrogen and oxygen atoms in total. The first-order chi connectivity index (χ1) is 17.7. The van der Waals surface area contributed by atoms with E-state index < -0.39 is 27.0 Å². The Kier molecular flexibility index (Phi) is 20.6. The predicted octanol–water partition coefficient (Wildman–Crippen LogP) is 8.65. The van der Waals surface area contributed by atoms with E-state index in [4.69, 9.17) is 18.5 Å². The molecule has 1 heterocycles. The quantitative estimate of drug-likeness (QED) is 0.0554. The monoisotopic (exact) mass is 610 g/mol. The maximum atomic E-state index is 12.2. The zero-order chi connectivity index (χ0) is 27.3. The minimum absolute atomic E-state index is 0.0254. The van der Waals surface area contributed by atoms with Crippen molar-refractivity contribution in [3.05, 3.63) is 0 Å². The number of hydrogen-bond acceptors (Lipinski definition) is 6. The van der Waals surface area contributed by atoms with E-state index in [1.165, 1.54) is 96.3 Å². The van der Waals surface area contributed by atoms with Crippen LogP contribution in [0.4, 0.5) is 0 Å². The van der Waals surface area contributed by atoms with E-state index in [1.54, 1.807) is 0 Å². The number of phosphoric ester groups is 1. The first-order valence-corrected chi connectivity index (χ1v) is 23.7. The number of phosphoric acid groups is 1. The number of unbranched alkanes of at least 4 members (excludes halogenated alkanes) is 15. The van der Waals surface area contributed by atoms with Crippen molar-refractivity contribution in [3.8, 4) is 0 Å². The Labute approximate surface area is 232 Å². The first kappa shape index (κ1) is 35.6. The molecule has 0 aromatic heterocycles. The van der Waals surface area contributed by atoms with Crippen LogP contribution in [0.2, 0.25) is 22.3 Å². The van der Waals surface area contributed by atoms with Gasteiger partial charge in [-0.1, -0.05) is 96.8 Å². The van der Waals surface area contributed by atoms with Crippen molar-refractivity contribution in [1.29, 1.82) is 0 Å². The van der Waals surface area contributed by atoms with Crippen molar-refractivity contribution in [1.82, 2.24) is 0 Å². The van der Waals surface area contributed by atoms with Crippen LogP contribution in [-0.2, 0) is 23.1 Å². The normalized spacial score (nSPS) is 19.9. The van der Waals surface area contributed by atoms with E-state index >= 15 is 0 Å². The molecule has 0 bridgehead atoms. The molecule has 37 heavy (non-hydrogen) atoms. The van der Waals surface area contributed by atoms with Crippen LogP contribution < -0.4 is 4.89 Å². The molecule has 1 radical (unpaired) electrons. The summed E-state index contributed by atoms with van der Waals surface area (Å²) in [6, 6.07) is 0. The summed E-state index contributed by atoms with van der Waals surface area (Å²) in [5, 5.41) is 0.817. The Bertz CT molecular complexity index is 577. The molecule has 0 saturated carbocycles. The van der Waals surface area contributed by atoms with Gasteiger partial charge >= 0.3 is 136 Å². The fraction of sp³-hybridized carbons (Fsp3) is 1.00. The van der Waals surface area contributed by atoms with E-state index in [0.29, 0.717) is 19.8 Å². The van der Waals surface area contributed by atoms with Crippen LogP contribution in [0, 0.1) is 0 Å².